The zero-order chi connectivity index (χ0) is 35.9. The number of halogens is 3. The zero-order valence-corrected chi connectivity index (χ0v) is 31.6. The predicted molar refractivity (Wildman–Crippen MR) is 196 cm³/mol. The van der Waals surface area contributed by atoms with Crippen molar-refractivity contribution < 1.29 is 21.6 Å². The summed E-state index contributed by atoms with van der Waals surface area (Å²) >= 11 is 0. The number of alkyl halides is 1. The monoisotopic (exact) mass is 718 g/mol. The van der Waals surface area contributed by atoms with Crippen molar-refractivity contribution in [1.29, 1.82) is 0 Å². The molecule has 0 N–H and O–H groups in total. The van der Waals surface area contributed by atoms with Crippen molar-refractivity contribution in [3.05, 3.63) is 53.2 Å². The average Bonchev–Trinajstić information content (AvgIpc) is 3.42. The topological polar surface area (TPSA) is 76.0 Å². The van der Waals surface area contributed by atoms with Crippen molar-refractivity contribution in [2.45, 2.75) is 108 Å². The Labute approximate surface area is 294 Å². The van der Waals surface area contributed by atoms with Crippen molar-refractivity contribution in [2.75, 3.05) is 17.2 Å². The Hall–Kier alpha value is -3.49. The van der Waals surface area contributed by atoms with Crippen LogP contribution >= 0.6 is 0 Å². The molecular weight excluding hydrogens is 674 g/mol. The molecule has 264 valence electrons. The summed E-state index contributed by atoms with van der Waals surface area (Å²) in [5.41, 5.74) is 4.43. The molecule has 1 saturated carbocycles. The second-order valence-electron chi connectivity index (χ2n) is 15.5. The number of nitrogens with zero attached hydrogens (tertiary/aromatic N) is 4. The van der Waals surface area contributed by atoms with Crippen LogP contribution in [0.3, 0.4) is 0 Å². The van der Waals surface area contributed by atoms with Crippen molar-refractivity contribution in [3.8, 4) is 22.7 Å². The molecule has 2 fully saturated rings. The van der Waals surface area contributed by atoms with Gasteiger partial charge >= 0.3 is 0 Å². The molecule has 0 unspecified atom stereocenters. The van der Waals surface area contributed by atoms with Crippen LogP contribution in [0.2, 0.25) is 16.6 Å². The van der Waals surface area contributed by atoms with Gasteiger partial charge < -0.3 is 4.90 Å². The highest BCUT2D eigenvalue weighted by Crippen LogP contribution is 2.50. The highest BCUT2D eigenvalue weighted by atomic mass is 32.2. The van der Waals surface area contributed by atoms with E-state index in [0.29, 0.717) is 39.9 Å². The number of hydrogen-bond donors (Lipinski definition) is 0. The number of aromatic nitrogens is 3. The van der Waals surface area contributed by atoms with Gasteiger partial charge in [-0.2, -0.15) is 0 Å². The number of fused-ring (bicyclic) bond motifs is 6. The second-order valence-corrected chi connectivity index (χ2v) is 23.2. The number of hydrogen-bond acceptors (Lipinski definition) is 6. The van der Waals surface area contributed by atoms with E-state index in [0.717, 1.165) is 19.3 Å². The van der Waals surface area contributed by atoms with Crippen molar-refractivity contribution in [3.63, 3.8) is 0 Å². The smallest absolute Gasteiger partial charge is 0.249 e. The summed E-state index contributed by atoms with van der Waals surface area (Å²) in [6, 6.07) is 7.97. The molecule has 50 heavy (non-hydrogen) atoms. The third-order valence-electron chi connectivity index (χ3n) is 12.0. The van der Waals surface area contributed by atoms with Gasteiger partial charge in [0.15, 0.2) is 5.82 Å². The summed E-state index contributed by atoms with van der Waals surface area (Å²) in [5.74, 6) is 2.40. The number of piperidine rings is 1. The van der Waals surface area contributed by atoms with Gasteiger partial charge in [0.05, 0.1) is 22.4 Å². The first-order valence-electron chi connectivity index (χ1n) is 18.0. The van der Waals surface area contributed by atoms with Crippen LogP contribution in [-0.4, -0.2) is 49.8 Å². The van der Waals surface area contributed by atoms with E-state index in [9.17, 15) is 8.42 Å². The molecule has 0 radical (unpaired) electrons. The minimum absolute atomic E-state index is 0.0102. The fraction of sp³-hybridized carbons (Fsp3) is 0.513. The summed E-state index contributed by atoms with van der Waals surface area (Å²) in [6.45, 7) is 15.2. The van der Waals surface area contributed by atoms with Gasteiger partial charge in [0, 0.05) is 30.0 Å². The van der Waals surface area contributed by atoms with Crippen LogP contribution in [0, 0.1) is 34.9 Å². The van der Waals surface area contributed by atoms with Crippen LogP contribution in [0.5, 0.6) is 0 Å². The lowest BCUT2D eigenvalue weighted by molar-refractivity contribution is 0.239. The van der Waals surface area contributed by atoms with Gasteiger partial charge in [-0.05, 0) is 59.2 Å². The molecule has 11 heteroatoms. The Morgan fingerprint density at radius 2 is 1.66 bits per heavy atom. The summed E-state index contributed by atoms with van der Waals surface area (Å²) in [6.07, 6.45) is 1.51. The molecular formula is C39H45F3N4O2SSi. The molecule has 4 heterocycles. The first-order valence-corrected chi connectivity index (χ1v) is 21.9. The largest absolute Gasteiger partial charge is 0.352 e. The molecule has 6 nitrogen and oxygen atoms in total. The van der Waals surface area contributed by atoms with Crippen LogP contribution in [-0.2, 0) is 9.84 Å². The van der Waals surface area contributed by atoms with Crippen molar-refractivity contribution in [1.82, 2.24) is 15.0 Å². The molecule has 7 rings (SSSR count). The number of pyridine rings is 1. The van der Waals surface area contributed by atoms with E-state index < -0.39 is 40.9 Å². The summed E-state index contributed by atoms with van der Waals surface area (Å²) in [4.78, 5) is 15.6. The lowest BCUT2D eigenvalue weighted by Gasteiger charge is -2.40. The molecule has 4 atom stereocenters. The maximum atomic E-state index is 17.2. The van der Waals surface area contributed by atoms with E-state index in [-0.39, 0.29) is 63.4 Å². The molecule has 4 aromatic rings. The molecule has 0 amide bonds. The van der Waals surface area contributed by atoms with Gasteiger partial charge in [-0.15, -0.1) is 5.54 Å². The van der Waals surface area contributed by atoms with Crippen LogP contribution in [0.15, 0.2) is 35.5 Å². The minimum Gasteiger partial charge on any atom is -0.352 e. The quantitative estimate of drug-likeness (QED) is 0.112. The van der Waals surface area contributed by atoms with Gasteiger partial charge in [0.2, 0.25) is 15.0 Å². The van der Waals surface area contributed by atoms with Gasteiger partial charge in [-0.25, -0.2) is 36.5 Å². The first-order chi connectivity index (χ1) is 23.7. The molecule has 2 aromatic carbocycles. The third-order valence-corrected chi connectivity index (χ3v) is 19.7. The van der Waals surface area contributed by atoms with E-state index in [2.05, 4.69) is 63.0 Å². The highest BCUT2D eigenvalue weighted by molar-refractivity contribution is 7.91. The first kappa shape index (κ1) is 34.9. The number of anilines is 1. The lowest BCUT2D eigenvalue weighted by Crippen LogP contribution is -2.46. The fourth-order valence-corrected chi connectivity index (χ4v) is 15.4. The Bertz CT molecular complexity index is 2180. The zero-order valence-electron chi connectivity index (χ0n) is 29.8. The molecule has 0 spiro atoms. The summed E-state index contributed by atoms with van der Waals surface area (Å²) in [7, 11) is -6.25. The van der Waals surface area contributed by atoms with Gasteiger partial charge in [-0.3, -0.25) is 0 Å². The Balaban J connectivity index is 1.54. The van der Waals surface area contributed by atoms with Crippen LogP contribution < -0.4 is 4.90 Å². The normalized spacial score (nSPS) is 22.0. The van der Waals surface area contributed by atoms with Crippen LogP contribution in [0.4, 0.5) is 19.0 Å². The highest BCUT2D eigenvalue weighted by Gasteiger charge is 2.46. The molecule has 2 bridgehead atoms. The standard InChI is InChI=1S/C39H45F3N4O2SSi/c1-8-49(47,48)39-44-37-33-36(30(41)19-31-26-13-12-24(18-26)20-46(31)38(33)45-39)43-35(34(37)42)28-11-9-10-25-14-15-29(40)27(32(25)28)16-17-50(21(2)3,22(4)5)23(6)7/h9-11,14-15,21-24,26,30-31H,8,12-13,18-20H2,1-7H3/t24-,26+,30-,31+/m0/s1. The molecule has 2 aliphatic heterocycles. The Kier molecular flexibility index (Phi) is 8.82. The average molecular weight is 719 g/mol. The van der Waals surface area contributed by atoms with E-state index in [4.69, 9.17) is 4.98 Å². The summed E-state index contributed by atoms with van der Waals surface area (Å²) in [5, 5.41) is 0.650. The number of benzene rings is 2. The second kappa shape index (κ2) is 12.6. The van der Waals surface area contributed by atoms with E-state index >= 15 is 13.2 Å². The third kappa shape index (κ3) is 5.35. The molecule has 1 aliphatic carbocycles. The van der Waals surface area contributed by atoms with Crippen molar-refractivity contribution >= 4 is 45.4 Å². The Morgan fingerprint density at radius 1 is 0.940 bits per heavy atom. The van der Waals surface area contributed by atoms with Crippen molar-refractivity contribution in [2.24, 2.45) is 11.8 Å². The van der Waals surface area contributed by atoms with Crippen LogP contribution in [0.25, 0.3) is 32.9 Å². The van der Waals surface area contributed by atoms with E-state index in [1.54, 1.807) is 18.2 Å². The van der Waals surface area contributed by atoms with Gasteiger partial charge in [-0.1, -0.05) is 78.7 Å². The van der Waals surface area contributed by atoms with E-state index in [1.165, 1.54) is 13.0 Å². The molecule has 2 aromatic heterocycles. The molecule has 3 aliphatic rings. The van der Waals surface area contributed by atoms with Gasteiger partial charge in [0.1, 0.15) is 37.1 Å². The summed E-state index contributed by atoms with van der Waals surface area (Å²) < 4.78 is 76.5. The maximum absolute atomic E-state index is 17.2. The number of sulfone groups is 1. The lowest BCUT2D eigenvalue weighted by atomic mass is 9.87. The van der Waals surface area contributed by atoms with Gasteiger partial charge in [0.25, 0.3) is 0 Å². The van der Waals surface area contributed by atoms with E-state index in [1.807, 2.05) is 11.0 Å². The fourth-order valence-electron chi connectivity index (χ4n) is 9.50. The Morgan fingerprint density at radius 3 is 2.34 bits per heavy atom. The van der Waals surface area contributed by atoms with Crippen LogP contribution in [0.1, 0.15) is 91.6 Å². The minimum atomic E-state index is -3.96. The number of rotatable bonds is 6. The molecule has 1 saturated heterocycles. The maximum Gasteiger partial charge on any atom is 0.249 e. The predicted octanol–water partition coefficient (Wildman–Crippen LogP) is 9.51. The SMILES string of the molecule is CCS(=O)(=O)c1nc2c3c(nc(-c4cccc5ccc(F)c(C#C[Si](C(C)C)(C(C)C)C(C)C)c45)c(F)c3n1)[C@@H](F)C[C@@H]1[C@@H]3CC[C@@H](C3)CN21.